The maximum Gasteiger partial charge on any atom is 0.0777 e. The summed E-state index contributed by atoms with van der Waals surface area (Å²) in [5.74, 6) is 0. The van der Waals surface area contributed by atoms with E-state index in [1.54, 1.807) is 0 Å². The van der Waals surface area contributed by atoms with Crippen LogP contribution in [0.1, 0.15) is 46.0 Å². The van der Waals surface area contributed by atoms with E-state index >= 15 is 0 Å². The average Bonchev–Trinajstić information content (AvgIpc) is 2.34. The summed E-state index contributed by atoms with van der Waals surface area (Å²) in [5, 5.41) is 3.29. The highest BCUT2D eigenvalue weighted by molar-refractivity contribution is 4.84. The highest BCUT2D eigenvalue weighted by Crippen LogP contribution is 2.23. The number of hydrogen-bond donors (Lipinski definition) is 1. The molecule has 0 aromatic heterocycles. The molecule has 1 N–H and O–H groups in total. The standard InChI is InChI=1S/C14H30N2O/c1-13(15-3)8-5-6-10-16-11-7-9-14(2,12-16)17-4/h13,15H,5-12H2,1-4H3. The van der Waals surface area contributed by atoms with Crippen LogP contribution >= 0.6 is 0 Å². The molecule has 0 radical (unpaired) electrons. The van der Waals surface area contributed by atoms with Crippen molar-refractivity contribution in [2.45, 2.75) is 57.6 Å². The summed E-state index contributed by atoms with van der Waals surface area (Å²) in [5.41, 5.74) is 0.0938. The first-order valence-electron chi connectivity index (χ1n) is 7.04. The Morgan fingerprint density at radius 2 is 2.18 bits per heavy atom. The van der Waals surface area contributed by atoms with Gasteiger partial charge in [-0.25, -0.2) is 0 Å². The molecule has 0 amide bonds. The van der Waals surface area contributed by atoms with Gasteiger partial charge < -0.3 is 15.0 Å². The molecule has 0 aromatic carbocycles. The first-order chi connectivity index (χ1) is 8.09. The Balaban J connectivity index is 2.15. The largest absolute Gasteiger partial charge is 0.377 e. The van der Waals surface area contributed by atoms with E-state index in [1.165, 1.54) is 45.2 Å². The van der Waals surface area contributed by atoms with Crippen LogP contribution in [-0.4, -0.2) is 50.3 Å². The second-order valence-electron chi connectivity index (χ2n) is 5.72. The minimum Gasteiger partial charge on any atom is -0.377 e. The van der Waals surface area contributed by atoms with Crippen LogP contribution < -0.4 is 5.32 Å². The first kappa shape index (κ1) is 14.9. The Labute approximate surface area is 107 Å². The topological polar surface area (TPSA) is 24.5 Å². The van der Waals surface area contributed by atoms with Gasteiger partial charge in [-0.1, -0.05) is 6.42 Å². The molecule has 1 aliphatic rings. The molecular weight excluding hydrogens is 212 g/mol. The number of rotatable bonds is 7. The molecule has 2 unspecified atom stereocenters. The van der Waals surface area contributed by atoms with Gasteiger partial charge in [-0.15, -0.1) is 0 Å². The molecule has 1 heterocycles. The molecule has 0 bridgehead atoms. The molecule has 0 aromatic rings. The predicted octanol–water partition coefficient (Wildman–Crippen LogP) is 2.27. The summed E-state index contributed by atoms with van der Waals surface area (Å²) in [6, 6.07) is 0.653. The lowest BCUT2D eigenvalue weighted by Crippen LogP contribution is -2.47. The number of nitrogens with zero attached hydrogens (tertiary/aromatic N) is 1. The van der Waals surface area contributed by atoms with Crippen molar-refractivity contribution < 1.29 is 4.74 Å². The van der Waals surface area contributed by atoms with Crippen molar-refractivity contribution in [1.29, 1.82) is 0 Å². The lowest BCUT2D eigenvalue weighted by Gasteiger charge is -2.39. The molecule has 1 saturated heterocycles. The summed E-state index contributed by atoms with van der Waals surface area (Å²) in [4.78, 5) is 2.57. The Morgan fingerprint density at radius 1 is 1.41 bits per heavy atom. The molecule has 2 atom stereocenters. The van der Waals surface area contributed by atoms with Gasteiger partial charge in [0.05, 0.1) is 5.60 Å². The lowest BCUT2D eigenvalue weighted by molar-refractivity contribution is -0.0508. The Bertz CT molecular complexity index is 210. The average molecular weight is 242 g/mol. The number of piperidine rings is 1. The number of ether oxygens (including phenoxy) is 1. The van der Waals surface area contributed by atoms with Gasteiger partial charge in [-0.3, -0.25) is 0 Å². The molecule has 1 rings (SSSR count). The maximum absolute atomic E-state index is 5.62. The zero-order valence-corrected chi connectivity index (χ0v) is 12.1. The summed E-state index contributed by atoms with van der Waals surface area (Å²) < 4.78 is 5.62. The summed E-state index contributed by atoms with van der Waals surface area (Å²) in [7, 11) is 3.89. The SMILES string of the molecule is CNC(C)CCCCN1CCCC(C)(OC)C1. The van der Waals surface area contributed by atoms with Crippen LogP contribution in [0.25, 0.3) is 0 Å². The number of unbranched alkanes of at least 4 members (excludes halogenated alkanes) is 1. The van der Waals surface area contributed by atoms with Crippen molar-refractivity contribution in [3.8, 4) is 0 Å². The molecule has 102 valence electrons. The number of hydrogen-bond acceptors (Lipinski definition) is 3. The van der Waals surface area contributed by atoms with Gasteiger partial charge in [0.15, 0.2) is 0 Å². The van der Waals surface area contributed by atoms with Crippen LogP contribution in [0.2, 0.25) is 0 Å². The van der Waals surface area contributed by atoms with Crippen LogP contribution in [0.4, 0.5) is 0 Å². The van der Waals surface area contributed by atoms with Gasteiger partial charge in [-0.2, -0.15) is 0 Å². The third-order valence-electron chi connectivity index (χ3n) is 4.09. The Kier molecular flexibility index (Phi) is 6.45. The van der Waals surface area contributed by atoms with Gasteiger partial charge >= 0.3 is 0 Å². The zero-order chi connectivity index (χ0) is 12.7. The molecular formula is C14H30N2O. The third kappa shape index (κ3) is 5.36. The zero-order valence-electron chi connectivity index (χ0n) is 12.1. The van der Waals surface area contributed by atoms with Crippen molar-refractivity contribution in [3.05, 3.63) is 0 Å². The van der Waals surface area contributed by atoms with E-state index in [1.807, 2.05) is 14.2 Å². The minimum atomic E-state index is 0.0938. The normalized spacial score (nSPS) is 28.2. The van der Waals surface area contributed by atoms with E-state index in [0.717, 1.165) is 6.54 Å². The van der Waals surface area contributed by atoms with Gasteiger partial charge in [0.1, 0.15) is 0 Å². The van der Waals surface area contributed by atoms with Crippen molar-refractivity contribution in [1.82, 2.24) is 10.2 Å². The fourth-order valence-electron chi connectivity index (χ4n) is 2.60. The smallest absolute Gasteiger partial charge is 0.0777 e. The van der Waals surface area contributed by atoms with Crippen LogP contribution in [0.15, 0.2) is 0 Å². The molecule has 3 heteroatoms. The van der Waals surface area contributed by atoms with E-state index in [9.17, 15) is 0 Å². The van der Waals surface area contributed by atoms with Crippen LogP contribution in [-0.2, 0) is 4.74 Å². The maximum atomic E-state index is 5.62. The molecule has 0 saturated carbocycles. The molecule has 17 heavy (non-hydrogen) atoms. The van der Waals surface area contributed by atoms with Crippen molar-refractivity contribution in [2.75, 3.05) is 33.8 Å². The molecule has 0 spiro atoms. The van der Waals surface area contributed by atoms with E-state index in [-0.39, 0.29) is 5.60 Å². The fourth-order valence-corrected chi connectivity index (χ4v) is 2.60. The number of methoxy groups -OCH3 is 1. The molecule has 1 aliphatic heterocycles. The molecule has 3 nitrogen and oxygen atoms in total. The third-order valence-corrected chi connectivity index (χ3v) is 4.09. The van der Waals surface area contributed by atoms with Crippen LogP contribution in [0.3, 0.4) is 0 Å². The second-order valence-corrected chi connectivity index (χ2v) is 5.72. The second kappa shape index (κ2) is 7.34. The highest BCUT2D eigenvalue weighted by atomic mass is 16.5. The van der Waals surface area contributed by atoms with Crippen LogP contribution in [0.5, 0.6) is 0 Å². The lowest BCUT2D eigenvalue weighted by atomic mass is 9.94. The predicted molar refractivity (Wildman–Crippen MR) is 73.5 cm³/mol. The van der Waals surface area contributed by atoms with Gasteiger partial charge in [0, 0.05) is 19.7 Å². The first-order valence-corrected chi connectivity index (χ1v) is 7.04. The van der Waals surface area contributed by atoms with E-state index < -0.39 is 0 Å². The van der Waals surface area contributed by atoms with Crippen molar-refractivity contribution in [2.24, 2.45) is 0 Å². The van der Waals surface area contributed by atoms with Gasteiger partial charge in [0.25, 0.3) is 0 Å². The van der Waals surface area contributed by atoms with Gasteiger partial charge in [0.2, 0.25) is 0 Å². The van der Waals surface area contributed by atoms with E-state index in [2.05, 4.69) is 24.1 Å². The molecule has 1 fully saturated rings. The van der Waals surface area contributed by atoms with E-state index in [0.29, 0.717) is 6.04 Å². The summed E-state index contributed by atoms with van der Waals surface area (Å²) in [6.07, 6.45) is 6.40. The number of likely N-dealkylation sites (tertiary alicyclic amines) is 1. The van der Waals surface area contributed by atoms with Crippen LogP contribution in [0, 0.1) is 0 Å². The van der Waals surface area contributed by atoms with E-state index in [4.69, 9.17) is 4.74 Å². The number of nitrogens with one attached hydrogen (secondary N) is 1. The monoisotopic (exact) mass is 242 g/mol. The fraction of sp³-hybridized carbons (Fsp3) is 1.00. The Hall–Kier alpha value is -0.120. The van der Waals surface area contributed by atoms with Gasteiger partial charge in [-0.05, 0) is 59.7 Å². The Morgan fingerprint density at radius 3 is 2.82 bits per heavy atom. The summed E-state index contributed by atoms with van der Waals surface area (Å²) in [6.45, 7) is 8.08. The minimum absolute atomic E-state index is 0.0938. The summed E-state index contributed by atoms with van der Waals surface area (Å²) >= 11 is 0. The van der Waals surface area contributed by atoms with Crippen molar-refractivity contribution >= 4 is 0 Å². The quantitative estimate of drug-likeness (QED) is 0.693. The van der Waals surface area contributed by atoms with Crippen molar-refractivity contribution in [3.63, 3.8) is 0 Å². The molecule has 0 aliphatic carbocycles. The highest BCUT2D eigenvalue weighted by Gasteiger charge is 2.30.